The molecule has 0 spiro atoms. The first kappa shape index (κ1) is 14.4. The Morgan fingerprint density at radius 3 is 2.76 bits per heavy atom. The maximum Gasteiger partial charge on any atom is 0.144 e. The first-order chi connectivity index (χ1) is 9.95. The van der Waals surface area contributed by atoms with Crippen molar-refractivity contribution in [2.24, 2.45) is 7.05 Å². The zero-order valence-corrected chi connectivity index (χ0v) is 13.0. The van der Waals surface area contributed by atoms with Gasteiger partial charge in [-0.1, -0.05) is 11.6 Å². The van der Waals surface area contributed by atoms with Crippen molar-refractivity contribution >= 4 is 34.2 Å². The van der Waals surface area contributed by atoms with Crippen molar-refractivity contribution in [3.63, 3.8) is 0 Å². The number of fused-ring (bicyclic) bond motifs is 1. The van der Waals surface area contributed by atoms with E-state index in [0.717, 1.165) is 5.69 Å². The molecule has 0 N–H and O–H groups in total. The fourth-order valence-corrected chi connectivity index (χ4v) is 2.64. The van der Waals surface area contributed by atoms with E-state index in [1.54, 1.807) is 4.68 Å². The molecule has 0 fully saturated rings. The SMILES string of the molecule is CC(Cl)c1nc2cc(Cl)c(F)cc2n1Cc1ccn(C)n1. The topological polar surface area (TPSA) is 35.6 Å². The minimum absolute atomic E-state index is 0.0544. The summed E-state index contributed by atoms with van der Waals surface area (Å²) in [5.41, 5.74) is 2.13. The molecule has 0 bridgehead atoms. The van der Waals surface area contributed by atoms with E-state index in [2.05, 4.69) is 10.1 Å². The van der Waals surface area contributed by atoms with E-state index in [1.165, 1.54) is 12.1 Å². The minimum Gasteiger partial charge on any atom is -0.320 e. The van der Waals surface area contributed by atoms with Gasteiger partial charge in [-0.15, -0.1) is 11.6 Å². The molecule has 3 aromatic rings. The normalized spacial score (nSPS) is 13.0. The molecule has 0 radical (unpaired) electrons. The number of hydrogen-bond donors (Lipinski definition) is 0. The summed E-state index contributed by atoms with van der Waals surface area (Å²) in [4.78, 5) is 4.46. The van der Waals surface area contributed by atoms with Crippen molar-refractivity contribution in [2.45, 2.75) is 18.8 Å². The summed E-state index contributed by atoms with van der Waals surface area (Å²) < 4.78 is 17.3. The van der Waals surface area contributed by atoms with Crippen LogP contribution in [0.4, 0.5) is 4.39 Å². The number of nitrogens with zero attached hydrogens (tertiary/aromatic N) is 4. The predicted molar refractivity (Wildman–Crippen MR) is 81.3 cm³/mol. The lowest BCUT2D eigenvalue weighted by Crippen LogP contribution is -2.07. The number of rotatable bonds is 3. The van der Waals surface area contributed by atoms with E-state index in [0.29, 0.717) is 23.4 Å². The predicted octanol–water partition coefficient (Wildman–Crippen LogP) is 3.91. The summed E-state index contributed by atoms with van der Waals surface area (Å²) in [7, 11) is 1.85. The number of benzene rings is 1. The molecule has 0 saturated carbocycles. The van der Waals surface area contributed by atoms with Gasteiger partial charge in [0.1, 0.15) is 11.6 Å². The van der Waals surface area contributed by atoms with Gasteiger partial charge in [0.25, 0.3) is 0 Å². The summed E-state index contributed by atoms with van der Waals surface area (Å²) in [6.45, 7) is 2.31. The Labute approximate surface area is 131 Å². The molecule has 0 saturated heterocycles. The van der Waals surface area contributed by atoms with Gasteiger partial charge in [0.2, 0.25) is 0 Å². The monoisotopic (exact) mass is 326 g/mol. The Hall–Kier alpha value is -1.59. The van der Waals surface area contributed by atoms with Crippen LogP contribution in [0.2, 0.25) is 5.02 Å². The van der Waals surface area contributed by atoms with Crippen molar-refractivity contribution in [3.05, 3.63) is 46.8 Å². The first-order valence-electron chi connectivity index (χ1n) is 6.43. The number of alkyl halides is 1. The Kier molecular flexibility index (Phi) is 3.63. The number of imidazole rings is 1. The third-order valence-electron chi connectivity index (χ3n) is 3.26. The lowest BCUT2D eigenvalue weighted by molar-refractivity contribution is 0.628. The largest absolute Gasteiger partial charge is 0.320 e. The summed E-state index contributed by atoms with van der Waals surface area (Å²) in [5.74, 6) is 0.194. The standard InChI is InChI=1S/C14H13Cl2FN4/c1-8(15)14-18-12-5-10(16)11(17)6-13(12)21(14)7-9-3-4-20(2)19-9/h3-6,8H,7H2,1-2H3. The molecule has 4 nitrogen and oxygen atoms in total. The second-order valence-corrected chi connectivity index (χ2v) is 5.97. The average molecular weight is 327 g/mol. The molecule has 0 aliphatic rings. The summed E-state index contributed by atoms with van der Waals surface area (Å²) in [6, 6.07) is 4.81. The Balaban J connectivity index is 2.17. The number of hydrogen-bond acceptors (Lipinski definition) is 2. The van der Waals surface area contributed by atoms with Gasteiger partial charge in [-0.2, -0.15) is 5.10 Å². The van der Waals surface area contributed by atoms with Crippen LogP contribution >= 0.6 is 23.2 Å². The zero-order valence-electron chi connectivity index (χ0n) is 11.5. The first-order valence-corrected chi connectivity index (χ1v) is 7.25. The van der Waals surface area contributed by atoms with Gasteiger partial charge >= 0.3 is 0 Å². The van der Waals surface area contributed by atoms with E-state index >= 15 is 0 Å². The minimum atomic E-state index is -0.472. The van der Waals surface area contributed by atoms with Crippen molar-refractivity contribution in [1.82, 2.24) is 19.3 Å². The molecule has 1 aromatic carbocycles. The highest BCUT2D eigenvalue weighted by atomic mass is 35.5. The molecule has 2 heterocycles. The second-order valence-electron chi connectivity index (χ2n) is 4.91. The van der Waals surface area contributed by atoms with Crippen LogP contribution in [-0.2, 0) is 13.6 Å². The molecule has 3 rings (SSSR count). The molecule has 1 atom stereocenters. The summed E-state index contributed by atoms with van der Waals surface area (Å²) >= 11 is 12.0. The molecule has 0 amide bonds. The molecule has 0 aliphatic carbocycles. The molecule has 21 heavy (non-hydrogen) atoms. The van der Waals surface area contributed by atoms with Crippen molar-refractivity contribution < 1.29 is 4.39 Å². The lowest BCUT2D eigenvalue weighted by Gasteiger charge is -2.09. The third kappa shape index (κ3) is 2.63. The Morgan fingerprint density at radius 1 is 1.38 bits per heavy atom. The van der Waals surface area contributed by atoms with Gasteiger partial charge < -0.3 is 4.57 Å². The van der Waals surface area contributed by atoms with Gasteiger partial charge in [-0.25, -0.2) is 9.37 Å². The van der Waals surface area contributed by atoms with Crippen LogP contribution in [-0.4, -0.2) is 19.3 Å². The Morgan fingerprint density at radius 2 is 2.14 bits per heavy atom. The van der Waals surface area contributed by atoms with E-state index in [-0.39, 0.29) is 10.4 Å². The highest BCUT2D eigenvalue weighted by Gasteiger charge is 2.17. The maximum atomic E-state index is 13.8. The molecule has 1 unspecified atom stereocenters. The van der Waals surface area contributed by atoms with Crippen LogP contribution in [0.15, 0.2) is 24.4 Å². The van der Waals surface area contributed by atoms with Crippen molar-refractivity contribution in [3.8, 4) is 0 Å². The molecule has 110 valence electrons. The van der Waals surface area contributed by atoms with Crippen LogP contribution in [0.3, 0.4) is 0 Å². The van der Waals surface area contributed by atoms with Gasteiger partial charge in [0.15, 0.2) is 0 Å². The molecule has 7 heteroatoms. The number of aryl methyl sites for hydroxylation is 1. The van der Waals surface area contributed by atoms with Crippen LogP contribution in [0.25, 0.3) is 11.0 Å². The van der Waals surface area contributed by atoms with Crippen LogP contribution in [0, 0.1) is 5.82 Å². The van der Waals surface area contributed by atoms with E-state index in [4.69, 9.17) is 23.2 Å². The average Bonchev–Trinajstić information content (AvgIpc) is 2.96. The second kappa shape index (κ2) is 5.31. The molecule has 2 aromatic heterocycles. The maximum absolute atomic E-state index is 13.8. The number of aromatic nitrogens is 4. The fraction of sp³-hybridized carbons (Fsp3) is 0.286. The highest BCUT2D eigenvalue weighted by molar-refractivity contribution is 6.31. The van der Waals surface area contributed by atoms with Crippen molar-refractivity contribution in [2.75, 3.05) is 0 Å². The van der Waals surface area contributed by atoms with Gasteiger partial charge in [-0.05, 0) is 19.1 Å². The third-order valence-corrected chi connectivity index (χ3v) is 3.75. The molecule has 0 aliphatic heterocycles. The quantitative estimate of drug-likeness (QED) is 0.684. The van der Waals surface area contributed by atoms with Crippen LogP contribution in [0.1, 0.15) is 23.8 Å². The van der Waals surface area contributed by atoms with Gasteiger partial charge in [0.05, 0.1) is 33.7 Å². The van der Waals surface area contributed by atoms with Crippen LogP contribution < -0.4 is 0 Å². The van der Waals surface area contributed by atoms with Crippen molar-refractivity contribution in [1.29, 1.82) is 0 Å². The summed E-state index contributed by atoms with van der Waals surface area (Å²) in [6.07, 6.45) is 1.86. The lowest BCUT2D eigenvalue weighted by atomic mass is 10.3. The number of halogens is 3. The van der Waals surface area contributed by atoms with E-state index in [1.807, 2.05) is 30.8 Å². The van der Waals surface area contributed by atoms with Gasteiger partial charge in [0, 0.05) is 19.3 Å². The zero-order chi connectivity index (χ0) is 15.1. The summed E-state index contributed by atoms with van der Waals surface area (Å²) in [5, 5.41) is 4.09. The van der Waals surface area contributed by atoms with Gasteiger partial charge in [-0.3, -0.25) is 4.68 Å². The fourth-order valence-electron chi connectivity index (χ4n) is 2.32. The molecular weight excluding hydrogens is 314 g/mol. The van der Waals surface area contributed by atoms with E-state index in [9.17, 15) is 4.39 Å². The molecular formula is C14H13Cl2FN4. The van der Waals surface area contributed by atoms with E-state index < -0.39 is 5.82 Å². The Bertz CT molecular complexity index is 807. The van der Waals surface area contributed by atoms with Crippen LogP contribution in [0.5, 0.6) is 0 Å². The highest BCUT2D eigenvalue weighted by Crippen LogP contribution is 2.28. The smallest absolute Gasteiger partial charge is 0.144 e.